The minimum atomic E-state index is -1.40. The molecule has 0 unspecified atom stereocenters. The fourth-order valence-electron chi connectivity index (χ4n) is 5.07. The lowest BCUT2D eigenvalue weighted by Gasteiger charge is -2.26. The van der Waals surface area contributed by atoms with Crippen molar-refractivity contribution in [2.75, 3.05) is 30.9 Å². The number of anilines is 2. The SMILES string of the molecule is COc1cc2c(Oc3ccc(N(C(=O)C4(C(N)=O)CC4)c4ccc(F)cc4)cc3F)ccnc2cc1OCCCCCNC(=O)CS. The molecule has 0 saturated heterocycles. The summed E-state index contributed by atoms with van der Waals surface area (Å²) in [6.45, 7) is 1.00. The topological polar surface area (TPSA) is 133 Å². The van der Waals surface area contributed by atoms with E-state index in [-0.39, 0.29) is 41.6 Å². The van der Waals surface area contributed by atoms with Crippen molar-refractivity contribution in [1.82, 2.24) is 10.3 Å². The van der Waals surface area contributed by atoms with Gasteiger partial charge in [0, 0.05) is 35.9 Å². The number of ether oxygens (including phenoxy) is 3. The molecule has 1 heterocycles. The van der Waals surface area contributed by atoms with Gasteiger partial charge in [-0.2, -0.15) is 12.6 Å². The first-order chi connectivity index (χ1) is 22.7. The minimum absolute atomic E-state index is 0.102. The Labute approximate surface area is 275 Å². The second-order valence-electron chi connectivity index (χ2n) is 11.0. The van der Waals surface area contributed by atoms with Crippen molar-refractivity contribution < 1.29 is 37.4 Å². The molecule has 1 fully saturated rings. The molecule has 13 heteroatoms. The van der Waals surface area contributed by atoms with Gasteiger partial charge in [0.25, 0.3) is 0 Å². The van der Waals surface area contributed by atoms with Gasteiger partial charge in [0.1, 0.15) is 17.0 Å². The highest BCUT2D eigenvalue weighted by Crippen LogP contribution is 2.49. The Kier molecular flexibility index (Phi) is 10.4. The maximum Gasteiger partial charge on any atom is 0.247 e. The van der Waals surface area contributed by atoms with Crippen LogP contribution in [0.3, 0.4) is 0 Å². The number of amides is 3. The number of aromatic nitrogens is 1. The number of pyridine rings is 1. The smallest absolute Gasteiger partial charge is 0.247 e. The summed E-state index contributed by atoms with van der Waals surface area (Å²) in [7, 11) is 1.51. The molecule has 1 aliphatic rings. The van der Waals surface area contributed by atoms with Crippen LogP contribution in [0.15, 0.2) is 66.9 Å². The number of halogens is 2. The summed E-state index contributed by atoms with van der Waals surface area (Å²) in [6.07, 6.45) is 4.49. The van der Waals surface area contributed by atoms with Crippen LogP contribution in [0.2, 0.25) is 0 Å². The summed E-state index contributed by atoms with van der Waals surface area (Å²) in [6, 6.07) is 14.0. The molecule has 0 radical (unpaired) electrons. The molecule has 0 atom stereocenters. The van der Waals surface area contributed by atoms with Crippen molar-refractivity contribution in [3.8, 4) is 23.0 Å². The lowest BCUT2D eigenvalue weighted by molar-refractivity contribution is -0.133. The Balaban J connectivity index is 1.34. The molecule has 4 aromatic rings. The first kappa shape index (κ1) is 33.5. The first-order valence-electron chi connectivity index (χ1n) is 15.0. The fraction of sp³-hybridized carbons (Fsp3) is 0.294. The van der Waals surface area contributed by atoms with E-state index >= 15 is 4.39 Å². The minimum Gasteiger partial charge on any atom is -0.493 e. The van der Waals surface area contributed by atoms with E-state index in [4.69, 9.17) is 19.9 Å². The van der Waals surface area contributed by atoms with Gasteiger partial charge >= 0.3 is 0 Å². The van der Waals surface area contributed by atoms with Crippen LogP contribution in [0.25, 0.3) is 10.9 Å². The standard InChI is InChI=1S/C34H34F2N4O6S/c1-44-29-18-24-26(19-30(29)45-16-4-2-3-14-39-31(41)20-47)38-15-11-27(24)46-28-10-9-23(17-25(28)36)40(22-7-5-21(35)6-8-22)33(43)34(12-13-34)32(37)42/h5-11,15,17-19,47H,2-4,12-14,16,20H2,1H3,(H2,37,42)(H,39,41). The third-order valence-corrected chi connectivity index (χ3v) is 8.13. The highest BCUT2D eigenvalue weighted by molar-refractivity contribution is 7.81. The largest absolute Gasteiger partial charge is 0.493 e. The molecule has 3 N–H and O–H groups in total. The van der Waals surface area contributed by atoms with Gasteiger partial charge in [-0.05, 0) is 80.6 Å². The maximum absolute atomic E-state index is 15.6. The van der Waals surface area contributed by atoms with Gasteiger partial charge in [0.05, 0.1) is 30.7 Å². The lowest BCUT2D eigenvalue weighted by atomic mass is 10.0. The molecule has 0 spiro atoms. The number of methoxy groups -OCH3 is 1. The number of primary amides is 1. The zero-order valence-corrected chi connectivity index (χ0v) is 26.5. The van der Waals surface area contributed by atoms with E-state index in [9.17, 15) is 18.8 Å². The van der Waals surface area contributed by atoms with Crippen LogP contribution >= 0.6 is 12.6 Å². The zero-order valence-electron chi connectivity index (χ0n) is 25.6. The summed E-state index contributed by atoms with van der Waals surface area (Å²) in [4.78, 5) is 42.6. The second kappa shape index (κ2) is 14.7. The van der Waals surface area contributed by atoms with Gasteiger partial charge in [-0.1, -0.05) is 0 Å². The van der Waals surface area contributed by atoms with Crippen molar-refractivity contribution in [2.45, 2.75) is 32.1 Å². The fourth-order valence-corrected chi connectivity index (χ4v) is 5.18. The van der Waals surface area contributed by atoms with Crippen molar-refractivity contribution in [3.05, 3.63) is 78.5 Å². The summed E-state index contributed by atoms with van der Waals surface area (Å²) in [5.74, 6) is -1.54. The molecule has 1 aromatic heterocycles. The molecule has 5 rings (SSSR count). The normalized spacial score (nSPS) is 13.1. The van der Waals surface area contributed by atoms with E-state index in [1.807, 2.05) is 0 Å². The highest BCUT2D eigenvalue weighted by atomic mass is 32.1. The summed E-state index contributed by atoms with van der Waals surface area (Å²) in [5, 5.41) is 3.32. The second-order valence-corrected chi connectivity index (χ2v) is 11.3. The van der Waals surface area contributed by atoms with Crippen molar-refractivity contribution in [2.24, 2.45) is 11.1 Å². The molecule has 10 nitrogen and oxygen atoms in total. The lowest BCUT2D eigenvalue weighted by Crippen LogP contribution is -2.41. The number of hydrogen-bond acceptors (Lipinski definition) is 8. The van der Waals surface area contributed by atoms with Crippen molar-refractivity contribution in [3.63, 3.8) is 0 Å². The molecule has 47 heavy (non-hydrogen) atoms. The van der Waals surface area contributed by atoms with Crippen LogP contribution in [0.5, 0.6) is 23.0 Å². The quantitative estimate of drug-likeness (QED) is 0.0827. The Hall–Kier alpha value is -4.91. The number of fused-ring (bicyclic) bond motifs is 1. The predicted molar refractivity (Wildman–Crippen MR) is 175 cm³/mol. The zero-order chi connectivity index (χ0) is 33.6. The van der Waals surface area contributed by atoms with Crippen LogP contribution in [0.1, 0.15) is 32.1 Å². The molecule has 0 aliphatic heterocycles. The van der Waals surface area contributed by atoms with Gasteiger partial charge in [0.15, 0.2) is 23.1 Å². The molecule has 0 bridgehead atoms. The number of hydrogen-bond donors (Lipinski definition) is 3. The van der Waals surface area contributed by atoms with Gasteiger partial charge in [-0.3, -0.25) is 24.3 Å². The maximum atomic E-state index is 15.6. The van der Waals surface area contributed by atoms with Crippen LogP contribution < -0.4 is 30.2 Å². The molecular formula is C34H34F2N4O6S. The van der Waals surface area contributed by atoms with Crippen molar-refractivity contribution in [1.29, 1.82) is 0 Å². The van der Waals surface area contributed by atoms with E-state index in [1.165, 1.54) is 54.6 Å². The van der Waals surface area contributed by atoms with Gasteiger partial charge in [0.2, 0.25) is 17.7 Å². The van der Waals surface area contributed by atoms with Crippen LogP contribution in [0.4, 0.5) is 20.2 Å². The number of rotatable bonds is 15. The third kappa shape index (κ3) is 7.57. The molecule has 1 aliphatic carbocycles. The Morgan fingerprint density at radius 2 is 1.68 bits per heavy atom. The number of nitrogens with two attached hydrogens (primary N) is 1. The van der Waals surface area contributed by atoms with Crippen LogP contribution in [-0.4, -0.2) is 48.7 Å². The number of unbranched alkanes of at least 4 members (excludes halogenated alkanes) is 2. The van der Waals surface area contributed by atoms with Crippen LogP contribution in [0, 0.1) is 17.0 Å². The number of thiol groups is 1. The van der Waals surface area contributed by atoms with Gasteiger partial charge < -0.3 is 25.3 Å². The molecule has 246 valence electrons. The Morgan fingerprint density at radius 3 is 2.34 bits per heavy atom. The average Bonchev–Trinajstić information content (AvgIpc) is 3.89. The van der Waals surface area contributed by atoms with Gasteiger partial charge in [-0.15, -0.1) is 0 Å². The molecular weight excluding hydrogens is 630 g/mol. The molecule has 3 amide bonds. The third-order valence-electron chi connectivity index (χ3n) is 7.84. The van der Waals surface area contributed by atoms with E-state index in [1.54, 1.807) is 18.2 Å². The molecule has 3 aromatic carbocycles. The average molecular weight is 665 g/mol. The monoisotopic (exact) mass is 664 g/mol. The summed E-state index contributed by atoms with van der Waals surface area (Å²) < 4.78 is 46.8. The number of nitrogens with one attached hydrogen (secondary N) is 1. The van der Waals surface area contributed by atoms with E-state index in [2.05, 4.69) is 22.9 Å². The summed E-state index contributed by atoms with van der Waals surface area (Å²) >= 11 is 3.93. The van der Waals surface area contributed by atoms with E-state index in [0.29, 0.717) is 41.3 Å². The highest BCUT2D eigenvalue weighted by Gasteiger charge is 2.57. The predicted octanol–water partition coefficient (Wildman–Crippen LogP) is 5.84. The number of nitrogens with zero attached hydrogens (tertiary/aromatic N) is 2. The number of carbonyl (C=O) groups excluding carboxylic acids is 3. The van der Waals surface area contributed by atoms with Crippen molar-refractivity contribution >= 4 is 52.6 Å². The molecule has 1 saturated carbocycles. The number of benzene rings is 3. The Bertz CT molecular complexity index is 1780. The van der Waals surface area contributed by atoms with Crippen LogP contribution in [-0.2, 0) is 14.4 Å². The number of carbonyl (C=O) groups is 3. The van der Waals surface area contributed by atoms with Gasteiger partial charge in [-0.25, -0.2) is 8.78 Å². The Morgan fingerprint density at radius 1 is 0.936 bits per heavy atom. The summed E-state index contributed by atoms with van der Waals surface area (Å²) in [5.41, 5.74) is 5.04. The first-order valence-corrected chi connectivity index (χ1v) is 15.6. The van der Waals surface area contributed by atoms with E-state index < -0.39 is 28.9 Å². The van der Waals surface area contributed by atoms with E-state index in [0.717, 1.165) is 25.3 Å².